The molecule has 5 heteroatoms. The fourth-order valence-electron chi connectivity index (χ4n) is 3.58. The molecule has 0 aliphatic carbocycles. The molecule has 2 aromatic rings. The second-order valence-corrected chi connectivity index (χ2v) is 7.08. The van der Waals surface area contributed by atoms with Gasteiger partial charge in [0.1, 0.15) is 11.4 Å². The first kappa shape index (κ1) is 17.6. The van der Waals surface area contributed by atoms with E-state index in [1.807, 2.05) is 31.2 Å². The average molecular weight is 362 g/mol. The molecule has 0 saturated carbocycles. The zero-order chi connectivity index (χ0) is 18.8. The van der Waals surface area contributed by atoms with E-state index in [0.717, 1.165) is 36.1 Å². The number of pyridine rings is 1. The topological polar surface area (TPSA) is 51.7 Å². The molecule has 1 atom stereocenters. The summed E-state index contributed by atoms with van der Waals surface area (Å²) >= 11 is 0. The predicted octanol–water partition coefficient (Wildman–Crippen LogP) is 2.93. The molecule has 0 spiro atoms. The molecule has 27 heavy (non-hydrogen) atoms. The van der Waals surface area contributed by atoms with Crippen molar-refractivity contribution in [1.82, 2.24) is 9.88 Å². The molecule has 138 valence electrons. The van der Waals surface area contributed by atoms with Gasteiger partial charge in [-0.2, -0.15) is 0 Å². The lowest BCUT2D eigenvalue weighted by Gasteiger charge is -2.31. The van der Waals surface area contributed by atoms with Crippen molar-refractivity contribution in [3.8, 4) is 18.1 Å². The number of carbonyl (C=O) groups is 1. The number of ether oxygens (including phenoxy) is 2. The maximum absolute atomic E-state index is 13.0. The number of fused-ring (bicyclic) bond motifs is 1. The highest BCUT2D eigenvalue weighted by Crippen LogP contribution is 2.30. The van der Waals surface area contributed by atoms with Gasteiger partial charge >= 0.3 is 0 Å². The zero-order valence-electron chi connectivity index (χ0n) is 15.4. The minimum Gasteiger partial charge on any atom is -0.472 e. The van der Waals surface area contributed by atoms with Gasteiger partial charge in [-0.15, -0.1) is 6.42 Å². The largest absolute Gasteiger partial charge is 0.472 e. The van der Waals surface area contributed by atoms with E-state index >= 15 is 0 Å². The minimum absolute atomic E-state index is 0.00815. The maximum Gasteiger partial charge on any atom is 0.260 e. The van der Waals surface area contributed by atoms with Crippen LogP contribution in [0.1, 0.15) is 45.6 Å². The molecule has 1 saturated heterocycles. The standard InChI is InChI=1S/C22H22N2O3/c1-3-18-7-6-16(12-23-18)10-17-11-20-21(9-15(17)2)27-14-24(22(20)25)13-19-5-4-8-26-19/h1,6-7,9,11-12,19H,4-5,8,10,13-14H2,2H3. The van der Waals surface area contributed by atoms with E-state index in [4.69, 9.17) is 15.9 Å². The molecule has 4 rings (SSSR count). The van der Waals surface area contributed by atoms with Gasteiger partial charge in [-0.25, -0.2) is 4.98 Å². The van der Waals surface area contributed by atoms with Crippen molar-refractivity contribution in [2.45, 2.75) is 32.3 Å². The van der Waals surface area contributed by atoms with Crippen LogP contribution in [0.3, 0.4) is 0 Å². The maximum atomic E-state index is 13.0. The van der Waals surface area contributed by atoms with Crippen LogP contribution in [0.25, 0.3) is 0 Å². The van der Waals surface area contributed by atoms with Crippen molar-refractivity contribution in [3.63, 3.8) is 0 Å². The van der Waals surface area contributed by atoms with Gasteiger partial charge < -0.3 is 14.4 Å². The number of hydrogen-bond acceptors (Lipinski definition) is 4. The number of rotatable bonds is 4. The highest BCUT2D eigenvalue weighted by molar-refractivity contribution is 5.98. The van der Waals surface area contributed by atoms with Crippen LogP contribution in [-0.4, -0.2) is 41.8 Å². The molecule has 1 fully saturated rings. The van der Waals surface area contributed by atoms with Gasteiger partial charge in [0.2, 0.25) is 0 Å². The molecule has 1 unspecified atom stereocenters. The Morgan fingerprint density at radius 1 is 1.37 bits per heavy atom. The summed E-state index contributed by atoms with van der Waals surface area (Å²) in [5.74, 6) is 3.19. The molecule has 2 aliphatic rings. The Kier molecular flexibility index (Phi) is 4.83. The molecular formula is C22H22N2O3. The first-order valence-electron chi connectivity index (χ1n) is 9.23. The van der Waals surface area contributed by atoms with Gasteiger partial charge in [0.25, 0.3) is 5.91 Å². The van der Waals surface area contributed by atoms with Crippen LogP contribution >= 0.6 is 0 Å². The van der Waals surface area contributed by atoms with Gasteiger partial charge in [0.05, 0.1) is 18.2 Å². The van der Waals surface area contributed by atoms with Crippen LogP contribution < -0.4 is 4.74 Å². The Morgan fingerprint density at radius 3 is 2.96 bits per heavy atom. The summed E-state index contributed by atoms with van der Waals surface area (Å²) in [5.41, 5.74) is 4.47. The highest BCUT2D eigenvalue weighted by atomic mass is 16.5. The summed E-state index contributed by atoms with van der Waals surface area (Å²) in [6, 6.07) is 7.71. The highest BCUT2D eigenvalue weighted by Gasteiger charge is 2.29. The average Bonchev–Trinajstić information content (AvgIpc) is 3.19. The van der Waals surface area contributed by atoms with Crippen molar-refractivity contribution in [2.24, 2.45) is 0 Å². The molecule has 0 bridgehead atoms. The van der Waals surface area contributed by atoms with Crippen LogP contribution in [0.4, 0.5) is 0 Å². The monoisotopic (exact) mass is 362 g/mol. The smallest absolute Gasteiger partial charge is 0.260 e. The molecule has 2 aliphatic heterocycles. The van der Waals surface area contributed by atoms with Crippen LogP contribution in [0, 0.1) is 19.3 Å². The van der Waals surface area contributed by atoms with Crippen molar-refractivity contribution in [3.05, 3.63) is 58.4 Å². The third-order valence-electron chi connectivity index (χ3n) is 5.15. The molecule has 5 nitrogen and oxygen atoms in total. The third-order valence-corrected chi connectivity index (χ3v) is 5.15. The second kappa shape index (κ2) is 7.42. The Bertz CT molecular complexity index is 893. The zero-order valence-corrected chi connectivity index (χ0v) is 15.4. The van der Waals surface area contributed by atoms with E-state index in [9.17, 15) is 4.79 Å². The Balaban J connectivity index is 1.56. The first-order valence-corrected chi connectivity index (χ1v) is 9.23. The van der Waals surface area contributed by atoms with Crippen molar-refractivity contribution in [1.29, 1.82) is 0 Å². The molecule has 0 N–H and O–H groups in total. The molecule has 3 heterocycles. The van der Waals surface area contributed by atoms with E-state index in [0.29, 0.717) is 30.0 Å². The fraction of sp³-hybridized carbons (Fsp3) is 0.364. The normalized spacial score (nSPS) is 18.7. The van der Waals surface area contributed by atoms with Crippen molar-refractivity contribution >= 4 is 5.91 Å². The Labute approximate surface area is 159 Å². The number of nitrogens with zero attached hydrogens (tertiary/aromatic N) is 2. The Morgan fingerprint density at radius 2 is 2.26 bits per heavy atom. The van der Waals surface area contributed by atoms with Gasteiger partial charge in [-0.05, 0) is 61.1 Å². The van der Waals surface area contributed by atoms with Gasteiger partial charge in [-0.3, -0.25) is 4.79 Å². The Hall–Kier alpha value is -2.84. The summed E-state index contributed by atoms with van der Waals surface area (Å²) < 4.78 is 11.5. The predicted molar refractivity (Wildman–Crippen MR) is 102 cm³/mol. The van der Waals surface area contributed by atoms with Gasteiger partial charge in [0, 0.05) is 12.8 Å². The summed E-state index contributed by atoms with van der Waals surface area (Å²) in [6.45, 7) is 3.67. The van der Waals surface area contributed by atoms with Crippen LogP contribution in [0.5, 0.6) is 5.75 Å². The summed E-state index contributed by atoms with van der Waals surface area (Å²) in [5, 5.41) is 0. The molecular weight excluding hydrogens is 340 g/mol. The third kappa shape index (κ3) is 3.67. The minimum atomic E-state index is 0.00815. The number of aryl methyl sites for hydroxylation is 1. The SMILES string of the molecule is C#Cc1ccc(Cc2cc3c(cc2C)OCN(CC2CCCO2)C3=O)cn1. The number of carbonyl (C=O) groups excluding carboxylic acids is 1. The number of aromatic nitrogens is 1. The lowest BCUT2D eigenvalue weighted by atomic mass is 9.97. The lowest BCUT2D eigenvalue weighted by molar-refractivity contribution is 0.0261. The van der Waals surface area contributed by atoms with Crippen LogP contribution in [-0.2, 0) is 11.2 Å². The lowest BCUT2D eigenvalue weighted by Crippen LogP contribution is -2.43. The first-order chi connectivity index (χ1) is 13.1. The van der Waals surface area contributed by atoms with Gasteiger partial charge in [-0.1, -0.05) is 12.0 Å². The fourth-order valence-corrected chi connectivity index (χ4v) is 3.58. The second-order valence-electron chi connectivity index (χ2n) is 7.08. The van der Waals surface area contributed by atoms with Crippen molar-refractivity contribution in [2.75, 3.05) is 19.9 Å². The molecule has 0 radical (unpaired) electrons. The van der Waals surface area contributed by atoms with Gasteiger partial charge in [0.15, 0.2) is 6.73 Å². The molecule has 1 aromatic carbocycles. The summed E-state index contributed by atoms with van der Waals surface area (Å²) in [6.07, 6.45) is 10.0. The van der Waals surface area contributed by atoms with E-state index < -0.39 is 0 Å². The number of hydrogen-bond donors (Lipinski definition) is 0. The van der Waals surface area contributed by atoms with Crippen LogP contribution in [0.2, 0.25) is 0 Å². The number of benzene rings is 1. The molecule has 1 amide bonds. The van der Waals surface area contributed by atoms with E-state index in [1.54, 1.807) is 11.1 Å². The van der Waals surface area contributed by atoms with E-state index in [2.05, 4.69) is 10.9 Å². The number of amides is 1. The van der Waals surface area contributed by atoms with Crippen molar-refractivity contribution < 1.29 is 14.3 Å². The summed E-state index contributed by atoms with van der Waals surface area (Å²) in [4.78, 5) is 18.9. The summed E-state index contributed by atoms with van der Waals surface area (Å²) in [7, 11) is 0. The number of terminal acetylenes is 1. The van der Waals surface area contributed by atoms with Crippen LogP contribution in [0.15, 0.2) is 30.5 Å². The quantitative estimate of drug-likeness (QED) is 0.785. The van der Waals surface area contributed by atoms with E-state index in [-0.39, 0.29) is 18.7 Å². The van der Waals surface area contributed by atoms with E-state index in [1.165, 1.54) is 0 Å². The molecule has 1 aromatic heterocycles.